The zero-order chi connectivity index (χ0) is 9.42. The zero-order valence-electron chi connectivity index (χ0n) is 7.67. The summed E-state index contributed by atoms with van der Waals surface area (Å²) in [6, 6.07) is 5.31. The van der Waals surface area contributed by atoms with Gasteiger partial charge in [0.15, 0.2) is 0 Å². The van der Waals surface area contributed by atoms with E-state index in [1.165, 1.54) is 11.0 Å². The molecule has 0 bridgehead atoms. The number of fused-ring (bicyclic) bond motifs is 1. The minimum absolute atomic E-state index is 0.145. The van der Waals surface area contributed by atoms with Crippen LogP contribution < -0.4 is 5.32 Å². The molecule has 1 aromatic carbocycles. The Bertz CT molecular complexity index is 327. The second kappa shape index (κ2) is 3.31. The number of hydrogen-bond acceptors (Lipinski definition) is 2. The molecule has 0 aromatic heterocycles. The summed E-state index contributed by atoms with van der Waals surface area (Å²) >= 11 is 1.80. The van der Waals surface area contributed by atoms with Gasteiger partial charge >= 0.3 is 0 Å². The van der Waals surface area contributed by atoms with Gasteiger partial charge < -0.3 is 5.32 Å². The molecule has 1 heterocycles. The summed E-state index contributed by atoms with van der Waals surface area (Å²) < 4.78 is 13.0. The summed E-state index contributed by atoms with van der Waals surface area (Å²) in [6.45, 7) is 2.16. The molecule has 3 heteroatoms. The summed E-state index contributed by atoms with van der Waals surface area (Å²) in [7, 11) is 1.92. The van der Waals surface area contributed by atoms with E-state index in [0.717, 1.165) is 5.56 Å². The van der Waals surface area contributed by atoms with Crippen LogP contribution in [0.3, 0.4) is 0 Å². The van der Waals surface area contributed by atoms with Crippen molar-refractivity contribution < 1.29 is 4.39 Å². The van der Waals surface area contributed by atoms with Crippen molar-refractivity contribution in [1.82, 2.24) is 5.32 Å². The molecule has 1 aliphatic heterocycles. The van der Waals surface area contributed by atoms with Gasteiger partial charge in [-0.05, 0) is 30.8 Å². The normalized spacial score (nSPS) is 26.1. The van der Waals surface area contributed by atoms with Crippen LogP contribution in [0.15, 0.2) is 23.1 Å². The molecule has 13 heavy (non-hydrogen) atoms. The summed E-state index contributed by atoms with van der Waals surface area (Å²) in [5.41, 5.74) is 1.10. The third-order valence-corrected chi connectivity index (χ3v) is 3.67. The number of thioether (sulfide) groups is 1. The third kappa shape index (κ3) is 1.46. The summed E-state index contributed by atoms with van der Waals surface area (Å²) in [4.78, 5) is 1.20. The van der Waals surface area contributed by atoms with E-state index in [1.54, 1.807) is 17.8 Å². The van der Waals surface area contributed by atoms with Gasteiger partial charge in [-0.15, -0.1) is 11.8 Å². The lowest BCUT2D eigenvalue weighted by molar-refractivity contribution is 0.579. The van der Waals surface area contributed by atoms with Crippen molar-refractivity contribution in [2.45, 2.75) is 23.1 Å². The molecule has 1 aliphatic rings. The van der Waals surface area contributed by atoms with Gasteiger partial charge in [-0.25, -0.2) is 4.39 Å². The van der Waals surface area contributed by atoms with Crippen molar-refractivity contribution in [2.24, 2.45) is 0 Å². The van der Waals surface area contributed by atoms with E-state index in [2.05, 4.69) is 12.2 Å². The molecule has 2 rings (SSSR count). The van der Waals surface area contributed by atoms with E-state index in [1.807, 2.05) is 13.1 Å². The van der Waals surface area contributed by atoms with Crippen molar-refractivity contribution in [3.8, 4) is 0 Å². The Morgan fingerprint density at radius 3 is 2.92 bits per heavy atom. The molecule has 0 saturated heterocycles. The molecule has 1 aromatic rings. The van der Waals surface area contributed by atoms with Gasteiger partial charge in [0.25, 0.3) is 0 Å². The molecule has 1 nitrogen and oxygen atoms in total. The first-order chi connectivity index (χ1) is 6.22. The van der Waals surface area contributed by atoms with Crippen molar-refractivity contribution in [3.63, 3.8) is 0 Å². The molecule has 0 amide bonds. The highest BCUT2D eigenvalue weighted by Crippen LogP contribution is 2.43. The highest BCUT2D eigenvalue weighted by Gasteiger charge is 2.28. The number of rotatable bonds is 1. The highest BCUT2D eigenvalue weighted by molar-refractivity contribution is 8.00. The Kier molecular flexibility index (Phi) is 2.30. The van der Waals surface area contributed by atoms with Crippen LogP contribution in [-0.4, -0.2) is 12.3 Å². The molecule has 0 fully saturated rings. The number of hydrogen-bond donors (Lipinski definition) is 1. The standard InChI is InChI=1S/C10H12FNS/c1-6-10(12-2)8-5-7(11)3-4-9(8)13-6/h3-6,10,12H,1-2H3. The Morgan fingerprint density at radius 2 is 2.23 bits per heavy atom. The predicted molar refractivity (Wildman–Crippen MR) is 53.5 cm³/mol. The first kappa shape index (κ1) is 9.03. The van der Waals surface area contributed by atoms with E-state index in [0.29, 0.717) is 5.25 Å². The van der Waals surface area contributed by atoms with Crippen LogP contribution in [-0.2, 0) is 0 Å². The fraction of sp³-hybridized carbons (Fsp3) is 0.400. The van der Waals surface area contributed by atoms with Crippen LogP contribution in [0.4, 0.5) is 4.39 Å². The van der Waals surface area contributed by atoms with Gasteiger partial charge in [-0.2, -0.15) is 0 Å². The van der Waals surface area contributed by atoms with Crippen molar-refractivity contribution in [1.29, 1.82) is 0 Å². The molecule has 0 radical (unpaired) electrons. The fourth-order valence-corrected chi connectivity index (χ4v) is 3.07. The van der Waals surface area contributed by atoms with Crippen molar-refractivity contribution >= 4 is 11.8 Å². The highest BCUT2D eigenvalue weighted by atomic mass is 32.2. The molecule has 1 N–H and O–H groups in total. The second-order valence-electron chi connectivity index (χ2n) is 3.27. The Hall–Kier alpha value is -0.540. The van der Waals surface area contributed by atoms with Crippen molar-refractivity contribution in [3.05, 3.63) is 29.6 Å². The van der Waals surface area contributed by atoms with E-state index in [9.17, 15) is 4.39 Å². The van der Waals surface area contributed by atoms with Crippen LogP contribution in [0, 0.1) is 5.82 Å². The van der Waals surface area contributed by atoms with Gasteiger partial charge in [0, 0.05) is 16.2 Å². The van der Waals surface area contributed by atoms with Gasteiger partial charge in [-0.3, -0.25) is 0 Å². The Morgan fingerprint density at radius 1 is 1.46 bits per heavy atom. The lowest BCUT2D eigenvalue weighted by atomic mass is 10.1. The Labute approximate surface area is 81.7 Å². The van der Waals surface area contributed by atoms with Crippen LogP contribution >= 0.6 is 11.8 Å². The summed E-state index contributed by atoms with van der Waals surface area (Å²) in [6.07, 6.45) is 0. The molecular formula is C10H12FNS. The molecule has 0 saturated carbocycles. The monoisotopic (exact) mass is 197 g/mol. The summed E-state index contributed by atoms with van der Waals surface area (Å²) in [5.74, 6) is -0.145. The quantitative estimate of drug-likeness (QED) is 0.742. The fourth-order valence-electron chi connectivity index (χ4n) is 1.78. The maximum Gasteiger partial charge on any atom is 0.123 e. The molecular weight excluding hydrogens is 185 g/mol. The van der Waals surface area contributed by atoms with E-state index in [4.69, 9.17) is 0 Å². The molecule has 2 unspecified atom stereocenters. The van der Waals surface area contributed by atoms with E-state index in [-0.39, 0.29) is 11.9 Å². The maximum atomic E-state index is 13.0. The van der Waals surface area contributed by atoms with Gasteiger partial charge in [-0.1, -0.05) is 6.92 Å². The summed E-state index contributed by atoms with van der Waals surface area (Å²) in [5, 5.41) is 3.70. The van der Waals surface area contributed by atoms with Crippen molar-refractivity contribution in [2.75, 3.05) is 7.05 Å². The number of halogens is 1. The average molecular weight is 197 g/mol. The second-order valence-corrected chi connectivity index (χ2v) is 4.69. The SMILES string of the molecule is CNC1c2cc(F)ccc2SC1C. The first-order valence-corrected chi connectivity index (χ1v) is 5.23. The molecule has 0 spiro atoms. The zero-order valence-corrected chi connectivity index (χ0v) is 8.49. The largest absolute Gasteiger partial charge is 0.312 e. The minimum Gasteiger partial charge on any atom is -0.312 e. The van der Waals surface area contributed by atoms with E-state index < -0.39 is 0 Å². The van der Waals surface area contributed by atoms with Crippen LogP contribution in [0.25, 0.3) is 0 Å². The van der Waals surface area contributed by atoms with Gasteiger partial charge in [0.2, 0.25) is 0 Å². The minimum atomic E-state index is -0.145. The third-order valence-electron chi connectivity index (χ3n) is 2.40. The van der Waals surface area contributed by atoms with Gasteiger partial charge in [0.05, 0.1) is 0 Å². The molecule has 70 valence electrons. The average Bonchev–Trinajstić information content (AvgIpc) is 2.40. The molecule has 0 aliphatic carbocycles. The number of benzene rings is 1. The van der Waals surface area contributed by atoms with Crippen LogP contribution in [0.1, 0.15) is 18.5 Å². The lowest BCUT2D eigenvalue weighted by Crippen LogP contribution is -2.21. The first-order valence-electron chi connectivity index (χ1n) is 4.35. The maximum absolute atomic E-state index is 13.0. The predicted octanol–water partition coefficient (Wildman–Crippen LogP) is 2.58. The van der Waals surface area contributed by atoms with Gasteiger partial charge in [0.1, 0.15) is 5.82 Å². The lowest BCUT2D eigenvalue weighted by Gasteiger charge is -2.13. The number of nitrogens with one attached hydrogen (secondary N) is 1. The molecule has 2 atom stereocenters. The Balaban J connectivity index is 2.44. The smallest absolute Gasteiger partial charge is 0.123 e. The van der Waals surface area contributed by atoms with E-state index >= 15 is 0 Å². The van der Waals surface area contributed by atoms with Crippen LogP contribution in [0.2, 0.25) is 0 Å². The van der Waals surface area contributed by atoms with Crippen LogP contribution in [0.5, 0.6) is 0 Å². The topological polar surface area (TPSA) is 12.0 Å².